The van der Waals surface area contributed by atoms with Crippen LogP contribution in [0.3, 0.4) is 0 Å². The molecule has 1 N–H and O–H groups in total. The van der Waals surface area contributed by atoms with E-state index in [-0.39, 0.29) is 5.91 Å². The molecule has 1 amide bonds. The van der Waals surface area contributed by atoms with Gasteiger partial charge < -0.3 is 10.2 Å². The fourth-order valence-corrected chi connectivity index (χ4v) is 4.10. The molecule has 0 spiro atoms. The zero-order valence-electron chi connectivity index (χ0n) is 14.3. The molecule has 5 heteroatoms. The van der Waals surface area contributed by atoms with Crippen LogP contribution in [-0.4, -0.2) is 45.8 Å². The average molecular weight is 324 g/mol. The van der Waals surface area contributed by atoms with Gasteiger partial charge >= 0.3 is 0 Å². The summed E-state index contributed by atoms with van der Waals surface area (Å²) in [5.41, 5.74) is 2.49. The molecular formula is C19H24N4O. The number of fused-ring (bicyclic) bond motifs is 2. The first-order valence-electron chi connectivity index (χ1n) is 8.77. The van der Waals surface area contributed by atoms with Gasteiger partial charge in [0.15, 0.2) is 5.69 Å². The quantitative estimate of drug-likeness (QED) is 0.944. The minimum Gasteiger partial charge on any atom is -0.337 e. The number of aromatic nitrogens is 2. The Hall–Kier alpha value is -2.14. The Morgan fingerprint density at radius 1 is 1.21 bits per heavy atom. The zero-order valence-corrected chi connectivity index (χ0v) is 14.3. The Labute approximate surface area is 142 Å². The normalized spacial score (nSPS) is 25.7. The van der Waals surface area contributed by atoms with E-state index < -0.39 is 0 Å². The molecule has 5 nitrogen and oxygen atoms in total. The minimum absolute atomic E-state index is 0.0269. The van der Waals surface area contributed by atoms with E-state index in [1.54, 1.807) is 0 Å². The number of nitrogens with one attached hydrogen (secondary N) is 1. The summed E-state index contributed by atoms with van der Waals surface area (Å²) in [5.74, 6) is 0.0269. The van der Waals surface area contributed by atoms with Gasteiger partial charge in [0.1, 0.15) is 0 Å². The third-order valence-electron chi connectivity index (χ3n) is 5.42. The number of rotatable bonds is 3. The van der Waals surface area contributed by atoms with Crippen LogP contribution in [0, 0.1) is 6.92 Å². The van der Waals surface area contributed by atoms with Crippen molar-refractivity contribution in [3.05, 3.63) is 47.8 Å². The summed E-state index contributed by atoms with van der Waals surface area (Å²) in [7, 11) is 1.93. The predicted octanol–water partition coefficient (Wildman–Crippen LogP) is 2.54. The third-order valence-corrected chi connectivity index (χ3v) is 5.42. The van der Waals surface area contributed by atoms with Crippen molar-refractivity contribution in [2.45, 2.75) is 50.7 Å². The summed E-state index contributed by atoms with van der Waals surface area (Å²) in [6.45, 7) is 1.99. The van der Waals surface area contributed by atoms with Crippen LogP contribution in [0.4, 0.5) is 0 Å². The highest BCUT2D eigenvalue weighted by Crippen LogP contribution is 2.29. The average Bonchev–Trinajstić information content (AvgIpc) is 3.16. The molecule has 0 saturated carbocycles. The molecule has 2 saturated heterocycles. The van der Waals surface area contributed by atoms with Gasteiger partial charge in [-0.05, 0) is 50.8 Å². The number of aryl methyl sites for hydroxylation is 1. The topological polar surface area (TPSA) is 50.2 Å². The summed E-state index contributed by atoms with van der Waals surface area (Å²) in [6, 6.07) is 13.3. The molecule has 4 rings (SSSR count). The highest BCUT2D eigenvalue weighted by Gasteiger charge is 2.36. The first-order chi connectivity index (χ1) is 11.6. The van der Waals surface area contributed by atoms with E-state index >= 15 is 0 Å². The van der Waals surface area contributed by atoms with Crippen LogP contribution < -0.4 is 5.32 Å². The molecule has 2 fully saturated rings. The lowest BCUT2D eigenvalue weighted by Gasteiger charge is -2.35. The second-order valence-corrected chi connectivity index (χ2v) is 7.10. The van der Waals surface area contributed by atoms with Gasteiger partial charge in [-0.2, -0.15) is 5.10 Å². The summed E-state index contributed by atoms with van der Waals surface area (Å²) in [6.07, 6.45) is 4.59. The number of benzene rings is 1. The summed E-state index contributed by atoms with van der Waals surface area (Å²) in [5, 5.41) is 8.19. The molecule has 2 aliphatic rings. The maximum atomic E-state index is 12.9. The van der Waals surface area contributed by atoms with Crippen LogP contribution >= 0.6 is 0 Å². The number of amides is 1. The zero-order chi connectivity index (χ0) is 16.7. The minimum atomic E-state index is 0.0269. The van der Waals surface area contributed by atoms with Gasteiger partial charge in [-0.3, -0.25) is 4.79 Å². The fraction of sp³-hybridized carbons (Fsp3) is 0.474. The number of nitrogens with zero attached hydrogens (tertiary/aromatic N) is 3. The lowest BCUT2D eigenvalue weighted by atomic mass is 9.98. The monoisotopic (exact) mass is 324 g/mol. The van der Waals surface area contributed by atoms with Crippen LogP contribution in [-0.2, 0) is 0 Å². The van der Waals surface area contributed by atoms with Crippen molar-refractivity contribution in [3.63, 3.8) is 0 Å². The summed E-state index contributed by atoms with van der Waals surface area (Å²) >= 11 is 0. The Morgan fingerprint density at radius 2 is 1.88 bits per heavy atom. The molecule has 126 valence electrons. The maximum Gasteiger partial charge on any atom is 0.274 e. The van der Waals surface area contributed by atoms with Crippen LogP contribution in [0.1, 0.15) is 41.9 Å². The Bertz CT molecular complexity index is 727. The van der Waals surface area contributed by atoms with Gasteiger partial charge in [0.2, 0.25) is 0 Å². The SMILES string of the molecule is Cc1cc(C(=O)N(C)C2CC3CCC(C2)N3)nn1-c1ccccc1. The van der Waals surface area contributed by atoms with Crippen molar-refractivity contribution >= 4 is 5.91 Å². The highest BCUT2D eigenvalue weighted by molar-refractivity contribution is 5.92. The standard InChI is InChI=1S/C19H24N4O/c1-13-10-18(21-23(13)16-6-4-3-5-7-16)19(24)22(2)17-11-14-8-9-15(12-17)20-14/h3-7,10,14-15,17,20H,8-9,11-12H2,1-2H3. The van der Waals surface area contributed by atoms with Gasteiger partial charge in [0.05, 0.1) is 5.69 Å². The van der Waals surface area contributed by atoms with E-state index in [0.29, 0.717) is 23.8 Å². The summed E-state index contributed by atoms with van der Waals surface area (Å²) in [4.78, 5) is 14.8. The largest absolute Gasteiger partial charge is 0.337 e. The molecular weight excluding hydrogens is 300 g/mol. The first-order valence-corrected chi connectivity index (χ1v) is 8.77. The molecule has 3 heterocycles. The molecule has 2 aromatic rings. The Balaban J connectivity index is 1.54. The second kappa shape index (κ2) is 6.06. The van der Waals surface area contributed by atoms with Crippen molar-refractivity contribution < 1.29 is 4.79 Å². The van der Waals surface area contributed by atoms with E-state index in [1.165, 1.54) is 12.8 Å². The van der Waals surface area contributed by atoms with E-state index in [4.69, 9.17) is 0 Å². The molecule has 2 aliphatic heterocycles. The smallest absolute Gasteiger partial charge is 0.274 e. The third kappa shape index (κ3) is 2.73. The van der Waals surface area contributed by atoms with Crippen molar-refractivity contribution in [1.82, 2.24) is 20.0 Å². The molecule has 2 bridgehead atoms. The van der Waals surface area contributed by atoms with Crippen molar-refractivity contribution in [2.75, 3.05) is 7.05 Å². The fourth-order valence-electron chi connectivity index (χ4n) is 4.10. The van der Waals surface area contributed by atoms with Gasteiger partial charge in [0.25, 0.3) is 5.91 Å². The number of piperidine rings is 1. The van der Waals surface area contributed by atoms with E-state index in [1.807, 2.05) is 60.0 Å². The number of hydrogen-bond acceptors (Lipinski definition) is 3. The molecule has 0 radical (unpaired) electrons. The van der Waals surface area contributed by atoms with E-state index in [2.05, 4.69) is 10.4 Å². The van der Waals surface area contributed by atoms with E-state index in [9.17, 15) is 4.79 Å². The van der Waals surface area contributed by atoms with Gasteiger partial charge in [-0.1, -0.05) is 18.2 Å². The van der Waals surface area contributed by atoms with Gasteiger partial charge in [-0.15, -0.1) is 0 Å². The van der Waals surface area contributed by atoms with Crippen LogP contribution in [0.2, 0.25) is 0 Å². The molecule has 1 aromatic heterocycles. The predicted molar refractivity (Wildman–Crippen MR) is 93.4 cm³/mol. The highest BCUT2D eigenvalue weighted by atomic mass is 16.2. The second-order valence-electron chi connectivity index (χ2n) is 7.10. The lowest BCUT2D eigenvalue weighted by Crippen LogP contribution is -2.48. The van der Waals surface area contributed by atoms with Gasteiger partial charge in [0, 0.05) is 30.9 Å². The van der Waals surface area contributed by atoms with Crippen molar-refractivity contribution in [2.24, 2.45) is 0 Å². The number of para-hydroxylation sites is 1. The molecule has 2 unspecified atom stereocenters. The molecule has 2 atom stereocenters. The first kappa shape index (κ1) is 15.4. The maximum absolute atomic E-state index is 12.9. The Morgan fingerprint density at radius 3 is 2.54 bits per heavy atom. The summed E-state index contributed by atoms with van der Waals surface area (Å²) < 4.78 is 1.84. The number of hydrogen-bond donors (Lipinski definition) is 1. The van der Waals surface area contributed by atoms with Gasteiger partial charge in [-0.25, -0.2) is 4.68 Å². The molecule has 24 heavy (non-hydrogen) atoms. The lowest BCUT2D eigenvalue weighted by molar-refractivity contribution is 0.0675. The van der Waals surface area contributed by atoms with Crippen LogP contribution in [0.5, 0.6) is 0 Å². The van der Waals surface area contributed by atoms with Crippen molar-refractivity contribution in [1.29, 1.82) is 0 Å². The number of carbonyl (C=O) groups excluding carboxylic acids is 1. The number of carbonyl (C=O) groups is 1. The Kier molecular flexibility index (Phi) is 3.88. The van der Waals surface area contributed by atoms with Crippen LogP contribution in [0.15, 0.2) is 36.4 Å². The van der Waals surface area contributed by atoms with E-state index in [0.717, 1.165) is 24.2 Å². The van der Waals surface area contributed by atoms with Crippen LogP contribution in [0.25, 0.3) is 5.69 Å². The molecule has 0 aliphatic carbocycles. The van der Waals surface area contributed by atoms with Crippen molar-refractivity contribution in [3.8, 4) is 5.69 Å². The molecule has 1 aromatic carbocycles.